The molecule has 0 amide bonds. The summed E-state index contributed by atoms with van der Waals surface area (Å²) in [5.41, 5.74) is 3.12. The van der Waals surface area contributed by atoms with Crippen LogP contribution < -0.4 is 9.47 Å². The van der Waals surface area contributed by atoms with Crippen LogP contribution in [0, 0.1) is 25.2 Å². The number of aromatic nitrogens is 1. The molecule has 1 aliphatic rings. The topological polar surface area (TPSA) is 73.5 Å². The van der Waals surface area contributed by atoms with Crippen LogP contribution in [-0.2, 0) is 11.3 Å². The number of nitriles is 1. The third kappa shape index (κ3) is 4.15. The fourth-order valence-electron chi connectivity index (χ4n) is 3.43. The minimum atomic E-state index is -0.0908. The van der Waals surface area contributed by atoms with Crippen molar-refractivity contribution in [2.75, 3.05) is 20.3 Å². The van der Waals surface area contributed by atoms with E-state index in [4.69, 9.17) is 19.5 Å². The van der Waals surface area contributed by atoms with Crippen LogP contribution in [0.15, 0.2) is 24.3 Å². The van der Waals surface area contributed by atoms with Gasteiger partial charge in [0.15, 0.2) is 18.1 Å². The number of hydrogen-bond donors (Lipinski definition) is 0. The lowest BCUT2D eigenvalue weighted by atomic mass is 10.1. The van der Waals surface area contributed by atoms with Gasteiger partial charge in [0.1, 0.15) is 0 Å². The summed E-state index contributed by atoms with van der Waals surface area (Å²) in [6, 6.07) is 8.83. The molecule has 1 aromatic carbocycles. The van der Waals surface area contributed by atoms with E-state index in [1.54, 1.807) is 18.2 Å². The van der Waals surface area contributed by atoms with Gasteiger partial charge in [0, 0.05) is 36.2 Å². The minimum Gasteiger partial charge on any atom is -0.493 e. The van der Waals surface area contributed by atoms with E-state index in [-0.39, 0.29) is 18.5 Å². The molecular formula is C21H24N2O4. The van der Waals surface area contributed by atoms with Crippen LogP contribution in [-0.4, -0.2) is 36.8 Å². The Kier molecular flexibility index (Phi) is 5.82. The number of methoxy groups -OCH3 is 1. The van der Waals surface area contributed by atoms with E-state index < -0.39 is 0 Å². The van der Waals surface area contributed by atoms with Crippen molar-refractivity contribution < 1.29 is 19.0 Å². The molecule has 1 aromatic heterocycles. The third-order valence-corrected chi connectivity index (χ3v) is 4.94. The SMILES string of the molecule is COc1cc(C#N)ccc1OCC(=O)c1cc(C)n(CC2CCCO2)c1C. The van der Waals surface area contributed by atoms with Gasteiger partial charge in [0.05, 0.1) is 24.8 Å². The van der Waals surface area contributed by atoms with Crippen LogP contribution in [0.5, 0.6) is 11.5 Å². The van der Waals surface area contributed by atoms with Crippen molar-refractivity contribution in [1.82, 2.24) is 4.57 Å². The molecule has 27 heavy (non-hydrogen) atoms. The number of hydrogen-bond acceptors (Lipinski definition) is 5. The first-order valence-electron chi connectivity index (χ1n) is 9.06. The molecule has 142 valence electrons. The van der Waals surface area contributed by atoms with Gasteiger partial charge in [-0.15, -0.1) is 0 Å². The summed E-state index contributed by atoms with van der Waals surface area (Å²) in [6.07, 6.45) is 2.37. The summed E-state index contributed by atoms with van der Waals surface area (Å²) >= 11 is 0. The van der Waals surface area contributed by atoms with Gasteiger partial charge in [0.25, 0.3) is 0 Å². The average molecular weight is 368 g/mol. The molecular weight excluding hydrogens is 344 g/mol. The second kappa shape index (κ2) is 8.28. The predicted molar refractivity (Wildman–Crippen MR) is 100 cm³/mol. The summed E-state index contributed by atoms with van der Waals surface area (Å²) in [6.45, 7) is 5.46. The van der Waals surface area contributed by atoms with E-state index in [2.05, 4.69) is 10.6 Å². The standard InChI is InChI=1S/C21H24N2O4/c1-14-9-18(15(2)23(14)12-17-5-4-8-26-17)19(24)13-27-20-7-6-16(11-22)10-21(20)25-3/h6-7,9-10,17H,4-5,8,12-13H2,1-3H3. The lowest BCUT2D eigenvalue weighted by molar-refractivity contribution is 0.0912. The highest BCUT2D eigenvalue weighted by atomic mass is 16.5. The molecule has 0 aliphatic carbocycles. The average Bonchev–Trinajstić information content (AvgIpc) is 3.29. The highest BCUT2D eigenvalue weighted by Crippen LogP contribution is 2.28. The van der Waals surface area contributed by atoms with Crippen molar-refractivity contribution >= 4 is 5.78 Å². The lowest BCUT2D eigenvalue weighted by Crippen LogP contribution is -2.18. The minimum absolute atomic E-state index is 0.0897. The van der Waals surface area contributed by atoms with Crippen LogP contribution in [0.2, 0.25) is 0 Å². The number of carbonyl (C=O) groups is 1. The van der Waals surface area contributed by atoms with E-state index in [1.807, 2.05) is 19.9 Å². The number of ketones is 1. The van der Waals surface area contributed by atoms with Crippen LogP contribution in [0.1, 0.15) is 40.2 Å². The number of nitrogens with zero attached hydrogens (tertiary/aromatic N) is 2. The Morgan fingerprint density at radius 2 is 2.15 bits per heavy atom. The molecule has 0 N–H and O–H groups in total. The van der Waals surface area contributed by atoms with Gasteiger partial charge in [-0.25, -0.2) is 0 Å². The molecule has 0 radical (unpaired) electrons. The Bertz CT molecular complexity index is 873. The summed E-state index contributed by atoms with van der Waals surface area (Å²) in [4.78, 5) is 12.7. The van der Waals surface area contributed by atoms with E-state index in [0.29, 0.717) is 22.6 Å². The van der Waals surface area contributed by atoms with Gasteiger partial charge in [0.2, 0.25) is 5.78 Å². The Hall–Kier alpha value is -2.78. The number of aryl methyl sites for hydroxylation is 1. The van der Waals surface area contributed by atoms with Crippen molar-refractivity contribution in [3.05, 3.63) is 46.8 Å². The number of benzene rings is 1. The van der Waals surface area contributed by atoms with Gasteiger partial charge in [-0.1, -0.05) is 0 Å². The molecule has 0 saturated carbocycles. The van der Waals surface area contributed by atoms with Crippen molar-refractivity contribution in [1.29, 1.82) is 5.26 Å². The summed E-state index contributed by atoms with van der Waals surface area (Å²) in [5.74, 6) is 0.789. The van der Waals surface area contributed by atoms with E-state index in [1.165, 1.54) is 7.11 Å². The molecule has 6 heteroatoms. The summed E-state index contributed by atoms with van der Waals surface area (Å²) in [5, 5.41) is 8.96. The van der Waals surface area contributed by atoms with Crippen LogP contribution in [0.25, 0.3) is 0 Å². The largest absolute Gasteiger partial charge is 0.493 e. The maximum atomic E-state index is 12.7. The number of rotatable bonds is 7. The van der Waals surface area contributed by atoms with Crippen molar-refractivity contribution in [3.8, 4) is 17.6 Å². The Morgan fingerprint density at radius 3 is 2.81 bits per heavy atom. The zero-order chi connectivity index (χ0) is 19.4. The van der Waals surface area contributed by atoms with E-state index >= 15 is 0 Å². The maximum Gasteiger partial charge on any atom is 0.202 e. The van der Waals surface area contributed by atoms with Crippen LogP contribution in [0.3, 0.4) is 0 Å². The summed E-state index contributed by atoms with van der Waals surface area (Å²) < 4.78 is 18.8. The maximum absolute atomic E-state index is 12.7. The fourth-order valence-corrected chi connectivity index (χ4v) is 3.43. The molecule has 1 atom stereocenters. The molecule has 6 nitrogen and oxygen atoms in total. The smallest absolute Gasteiger partial charge is 0.202 e. The Morgan fingerprint density at radius 1 is 1.33 bits per heavy atom. The quantitative estimate of drug-likeness (QED) is 0.700. The molecule has 2 aromatic rings. The third-order valence-electron chi connectivity index (χ3n) is 4.94. The first-order chi connectivity index (χ1) is 13.0. The zero-order valence-corrected chi connectivity index (χ0v) is 15.9. The first-order valence-corrected chi connectivity index (χ1v) is 9.06. The van der Waals surface area contributed by atoms with Crippen LogP contribution >= 0.6 is 0 Å². The van der Waals surface area contributed by atoms with Gasteiger partial charge >= 0.3 is 0 Å². The lowest BCUT2D eigenvalue weighted by Gasteiger charge is -2.15. The monoisotopic (exact) mass is 368 g/mol. The van der Waals surface area contributed by atoms with Gasteiger partial charge in [-0.3, -0.25) is 4.79 Å². The number of ether oxygens (including phenoxy) is 3. The zero-order valence-electron chi connectivity index (χ0n) is 15.9. The van der Waals surface area contributed by atoms with Crippen molar-refractivity contribution in [3.63, 3.8) is 0 Å². The second-order valence-corrected chi connectivity index (χ2v) is 6.72. The second-order valence-electron chi connectivity index (χ2n) is 6.72. The van der Waals surface area contributed by atoms with E-state index in [0.717, 1.165) is 37.4 Å². The molecule has 1 unspecified atom stereocenters. The highest BCUT2D eigenvalue weighted by Gasteiger charge is 2.21. The Labute approximate surface area is 159 Å². The number of carbonyl (C=O) groups excluding carboxylic acids is 1. The summed E-state index contributed by atoms with van der Waals surface area (Å²) in [7, 11) is 1.50. The molecule has 3 rings (SSSR count). The molecule has 0 spiro atoms. The van der Waals surface area contributed by atoms with Crippen LogP contribution in [0.4, 0.5) is 0 Å². The Balaban J connectivity index is 1.71. The van der Waals surface area contributed by atoms with Gasteiger partial charge in [-0.2, -0.15) is 5.26 Å². The molecule has 1 saturated heterocycles. The first kappa shape index (κ1) is 19.0. The van der Waals surface area contributed by atoms with Gasteiger partial charge in [-0.05, 0) is 44.9 Å². The molecule has 0 bridgehead atoms. The fraction of sp³-hybridized carbons (Fsp3) is 0.429. The predicted octanol–water partition coefficient (Wildman–Crippen LogP) is 3.43. The van der Waals surface area contributed by atoms with E-state index in [9.17, 15) is 4.79 Å². The molecule has 1 aliphatic heterocycles. The van der Waals surface area contributed by atoms with Crippen molar-refractivity contribution in [2.45, 2.75) is 39.3 Å². The molecule has 2 heterocycles. The highest BCUT2D eigenvalue weighted by molar-refractivity contribution is 5.98. The number of Topliss-reactive ketones (excluding diaryl/α,β-unsaturated/α-hetero) is 1. The van der Waals surface area contributed by atoms with Gasteiger partial charge < -0.3 is 18.8 Å². The molecule has 1 fully saturated rings. The normalized spacial score (nSPS) is 16.1. The van der Waals surface area contributed by atoms with Crippen molar-refractivity contribution in [2.24, 2.45) is 0 Å².